The molecule has 132 valence electrons. The van der Waals surface area contributed by atoms with Crippen LogP contribution in [0, 0.1) is 11.8 Å². The normalized spacial score (nSPS) is 39.3. The molecular formula is C13H18F2O7S. The molecule has 4 aliphatic rings. The fourth-order valence-corrected chi connectivity index (χ4v) is 4.88. The molecule has 0 radical (unpaired) electrons. The van der Waals surface area contributed by atoms with Crippen LogP contribution in [0.2, 0.25) is 0 Å². The van der Waals surface area contributed by atoms with Gasteiger partial charge >= 0.3 is 21.5 Å². The summed E-state index contributed by atoms with van der Waals surface area (Å²) in [6.45, 7) is -1.82. The second-order valence-corrected chi connectivity index (χ2v) is 8.67. The van der Waals surface area contributed by atoms with Crippen LogP contribution in [0.4, 0.5) is 13.6 Å². The topological polar surface area (TPSA) is 110 Å². The molecule has 2 unspecified atom stereocenters. The fourth-order valence-electron chi connectivity index (χ4n) is 4.67. The first kappa shape index (κ1) is 16.8. The summed E-state index contributed by atoms with van der Waals surface area (Å²) in [5.74, 6) is 0.432. The van der Waals surface area contributed by atoms with Crippen molar-refractivity contribution in [1.29, 1.82) is 0 Å². The molecule has 0 aromatic carbocycles. The predicted molar refractivity (Wildman–Crippen MR) is 71.3 cm³/mol. The number of hydrogen-bond acceptors (Lipinski definition) is 6. The lowest BCUT2D eigenvalue weighted by molar-refractivity contribution is -0.206. The summed E-state index contributed by atoms with van der Waals surface area (Å²) < 4.78 is 64.7. The lowest BCUT2D eigenvalue weighted by Crippen LogP contribution is -2.60. The SMILES string of the molecule is O=C(OCC(F)(F)S(=O)(=O)O)OC12CC3CC(CC(O)(C3)C1)C2. The van der Waals surface area contributed by atoms with Crippen LogP contribution < -0.4 is 0 Å². The lowest BCUT2D eigenvalue weighted by atomic mass is 9.52. The molecule has 4 fully saturated rings. The zero-order chi connectivity index (χ0) is 17.1. The van der Waals surface area contributed by atoms with E-state index < -0.39 is 39.3 Å². The maximum atomic E-state index is 13.0. The van der Waals surface area contributed by atoms with Crippen molar-refractivity contribution in [2.75, 3.05) is 6.61 Å². The molecular weight excluding hydrogens is 338 g/mol. The minimum absolute atomic E-state index is 0.216. The second-order valence-electron chi connectivity index (χ2n) is 7.12. The third-order valence-electron chi connectivity index (χ3n) is 5.01. The van der Waals surface area contributed by atoms with E-state index in [2.05, 4.69) is 4.74 Å². The number of carbonyl (C=O) groups excluding carboxylic acids is 1. The van der Waals surface area contributed by atoms with Gasteiger partial charge in [0, 0.05) is 6.42 Å². The van der Waals surface area contributed by atoms with Crippen molar-refractivity contribution in [1.82, 2.24) is 0 Å². The molecule has 0 aromatic heterocycles. The number of ether oxygens (including phenoxy) is 2. The summed E-state index contributed by atoms with van der Waals surface area (Å²) in [6, 6.07) is 0. The van der Waals surface area contributed by atoms with Crippen molar-refractivity contribution in [3.8, 4) is 0 Å². The van der Waals surface area contributed by atoms with E-state index in [-0.39, 0.29) is 18.3 Å². The zero-order valence-electron chi connectivity index (χ0n) is 12.2. The maximum absolute atomic E-state index is 13.0. The van der Waals surface area contributed by atoms with E-state index >= 15 is 0 Å². The Morgan fingerprint density at radius 3 is 2.26 bits per heavy atom. The van der Waals surface area contributed by atoms with Crippen LogP contribution in [-0.4, -0.2) is 47.3 Å². The highest BCUT2D eigenvalue weighted by Gasteiger charge is 2.59. The monoisotopic (exact) mass is 356 g/mol. The van der Waals surface area contributed by atoms with Crippen LogP contribution in [0.5, 0.6) is 0 Å². The first-order chi connectivity index (χ1) is 10.4. The minimum Gasteiger partial charge on any atom is -0.428 e. The molecule has 0 spiro atoms. The van der Waals surface area contributed by atoms with Crippen molar-refractivity contribution in [2.24, 2.45) is 11.8 Å². The number of alkyl halides is 2. The molecule has 4 aliphatic carbocycles. The second kappa shape index (κ2) is 5.00. The summed E-state index contributed by atoms with van der Waals surface area (Å²) in [6.07, 6.45) is 2.12. The molecule has 23 heavy (non-hydrogen) atoms. The average Bonchev–Trinajstić information content (AvgIpc) is 2.31. The van der Waals surface area contributed by atoms with Crippen molar-refractivity contribution in [3.63, 3.8) is 0 Å². The summed E-state index contributed by atoms with van der Waals surface area (Å²) >= 11 is 0. The lowest BCUT2D eigenvalue weighted by Gasteiger charge is -2.58. The van der Waals surface area contributed by atoms with E-state index in [1.165, 1.54) is 0 Å². The van der Waals surface area contributed by atoms with Gasteiger partial charge in [-0.15, -0.1) is 0 Å². The molecule has 4 rings (SSSR count). The van der Waals surface area contributed by atoms with E-state index in [4.69, 9.17) is 9.29 Å². The molecule has 0 aromatic rings. The maximum Gasteiger partial charge on any atom is 0.509 e. The summed E-state index contributed by atoms with van der Waals surface area (Å²) in [5.41, 5.74) is -1.84. The van der Waals surface area contributed by atoms with Gasteiger partial charge in [0.25, 0.3) is 0 Å². The molecule has 4 saturated carbocycles. The zero-order valence-corrected chi connectivity index (χ0v) is 13.0. The van der Waals surface area contributed by atoms with Gasteiger partial charge in [-0.3, -0.25) is 4.55 Å². The molecule has 2 N–H and O–H groups in total. The van der Waals surface area contributed by atoms with Gasteiger partial charge in [-0.2, -0.15) is 17.2 Å². The van der Waals surface area contributed by atoms with Crippen LogP contribution in [0.3, 0.4) is 0 Å². The summed E-state index contributed by atoms with van der Waals surface area (Å²) in [7, 11) is -5.67. The van der Waals surface area contributed by atoms with Gasteiger partial charge in [-0.1, -0.05) is 0 Å². The first-order valence-corrected chi connectivity index (χ1v) is 8.79. The number of carbonyl (C=O) groups is 1. The van der Waals surface area contributed by atoms with Gasteiger partial charge in [0.05, 0.1) is 5.60 Å². The number of halogens is 2. The van der Waals surface area contributed by atoms with Crippen molar-refractivity contribution >= 4 is 16.3 Å². The smallest absolute Gasteiger partial charge is 0.428 e. The van der Waals surface area contributed by atoms with E-state index in [0.717, 1.165) is 6.42 Å². The van der Waals surface area contributed by atoms with E-state index in [1.54, 1.807) is 0 Å². The Balaban J connectivity index is 1.63. The standard InChI is InChI=1S/C13H18F2O7S/c14-13(15,23(18,19)20)7-21-10(16)22-12-4-8-1-9(5-12)3-11(17,2-8)6-12/h8-9,17H,1-7H2,(H,18,19,20). The molecule has 10 heteroatoms. The van der Waals surface area contributed by atoms with Crippen molar-refractivity contribution < 1.29 is 41.1 Å². The Morgan fingerprint density at radius 2 is 1.78 bits per heavy atom. The molecule has 0 saturated heterocycles. The van der Waals surface area contributed by atoms with Crippen molar-refractivity contribution in [3.05, 3.63) is 0 Å². The van der Waals surface area contributed by atoms with Gasteiger partial charge in [-0.05, 0) is 43.9 Å². The molecule has 0 aliphatic heterocycles. The molecule has 4 bridgehead atoms. The van der Waals surface area contributed by atoms with Crippen LogP contribution in [0.25, 0.3) is 0 Å². The van der Waals surface area contributed by atoms with Gasteiger partial charge in [0.15, 0.2) is 6.61 Å². The number of hydrogen-bond donors (Lipinski definition) is 2. The molecule has 7 nitrogen and oxygen atoms in total. The Labute approximate surface area is 131 Å². The van der Waals surface area contributed by atoms with Gasteiger partial charge in [0.2, 0.25) is 0 Å². The highest BCUT2D eigenvalue weighted by Crippen LogP contribution is 2.58. The fraction of sp³-hybridized carbons (Fsp3) is 0.923. The Kier molecular flexibility index (Phi) is 3.66. The Bertz CT molecular complexity index is 604. The quantitative estimate of drug-likeness (QED) is 0.583. The van der Waals surface area contributed by atoms with Crippen LogP contribution in [-0.2, 0) is 19.6 Å². The molecule has 2 atom stereocenters. The number of rotatable bonds is 4. The highest BCUT2D eigenvalue weighted by atomic mass is 32.2. The Morgan fingerprint density at radius 1 is 1.22 bits per heavy atom. The molecule has 0 heterocycles. The van der Waals surface area contributed by atoms with Crippen LogP contribution >= 0.6 is 0 Å². The van der Waals surface area contributed by atoms with E-state index in [1.807, 2.05) is 0 Å². The largest absolute Gasteiger partial charge is 0.509 e. The predicted octanol–water partition coefficient (Wildman–Crippen LogP) is 1.70. The highest BCUT2D eigenvalue weighted by molar-refractivity contribution is 7.86. The Hall–Kier alpha value is -1.00. The van der Waals surface area contributed by atoms with Crippen molar-refractivity contribution in [2.45, 2.75) is 55.0 Å². The first-order valence-electron chi connectivity index (χ1n) is 7.35. The third-order valence-corrected chi connectivity index (χ3v) is 5.88. The van der Waals surface area contributed by atoms with Gasteiger partial charge in [-0.25, -0.2) is 4.79 Å². The average molecular weight is 356 g/mol. The summed E-state index contributed by atoms with van der Waals surface area (Å²) in [4.78, 5) is 11.7. The third kappa shape index (κ3) is 3.16. The summed E-state index contributed by atoms with van der Waals surface area (Å²) in [5, 5.41) is 5.89. The van der Waals surface area contributed by atoms with E-state index in [9.17, 15) is 27.1 Å². The molecule has 0 amide bonds. The minimum atomic E-state index is -5.67. The van der Waals surface area contributed by atoms with Gasteiger partial charge in [0.1, 0.15) is 5.60 Å². The van der Waals surface area contributed by atoms with Gasteiger partial charge < -0.3 is 14.6 Å². The van der Waals surface area contributed by atoms with Crippen LogP contribution in [0.15, 0.2) is 0 Å². The number of aliphatic hydroxyl groups is 1. The van der Waals surface area contributed by atoms with E-state index in [0.29, 0.717) is 25.7 Å². The van der Waals surface area contributed by atoms with Crippen LogP contribution in [0.1, 0.15) is 38.5 Å².